The first kappa shape index (κ1) is 22.4. The molecule has 0 heterocycles. The number of thiocarbonyl (C=S) groups is 1. The zero-order valence-corrected chi connectivity index (χ0v) is 17.4. The van der Waals surface area contributed by atoms with E-state index < -0.39 is 0 Å². The minimum Gasteiger partial charge on any atom is -0.493 e. The molecule has 0 atom stereocenters. The van der Waals surface area contributed by atoms with Crippen LogP contribution in [0.3, 0.4) is 0 Å². The molecule has 2 aromatic carbocycles. The van der Waals surface area contributed by atoms with Crippen LogP contribution in [0.4, 0.5) is 10.1 Å². The van der Waals surface area contributed by atoms with Crippen molar-refractivity contribution in [1.82, 2.24) is 10.9 Å². The maximum Gasteiger partial charge on any atom is 0.269 e. The Balaban J connectivity index is 1.86. The molecule has 0 aliphatic heterocycles. The van der Waals surface area contributed by atoms with Gasteiger partial charge in [-0.15, -0.1) is 0 Å². The Morgan fingerprint density at radius 1 is 1.03 bits per heavy atom. The highest BCUT2D eigenvalue weighted by Crippen LogP contribution is 2.28. The van der Waals surface area contributed by atoms with Gasteiger partial charge in [-0.1, -0.05) is 26.2 Å². The Kier molecular flexibility index (Phi) is 9.17. The highest BCUT2D eigenvalue weighted by atomic mass is 32.1. The van der Waals surface area contributed by atoms with Gasteiger partial charge < -0.3 is 14.8 Å². The molecule has 156 valence electrons. The van der Waals surface area contributed by atoms with Crippen molar-refractivity contribution in [3.05, 3.63) is 53.8 Å². The lowest BCUT2D eigenvalue weighted by atomic mass is 10.2. The van der Waals surface area contributed by atoms with Crippen molar-refractivity contribution >= 4 is 28.9 Å². The van der Waals surface area contributed by atoms with Crippen LogP contribution in [0.25, 0.3) is 0 Å². The van der Waals surface area contributed by atoms with Gasteiger partial charge in [0, 0.05) is 11.3 Å². The number of unbranched alkanes of at least 4 members (excludes halogenated alkanes) is 3. The predicted octanol–water partition coefficient (Wildman–Crippen LogP) is 4.42. The molecular weight excluding hydrogens is 393 g/mol. The van der Waals surface area contributed by atoms with Gasteiger partial charge in [0.2, 0.25) is 0 Å². The molecule has 1 amide bonds. The maximum atomic E-state index is 12.9. The van der Waals surface area contributed by atoms with E-state index in [0.717, 1.165) is 12.8 Å². The second-order valence-electron chi connectivity index (χ2n) is 6.31. The van der Waals surface area contributed by atoms with Gasteiger partial charge in [-0.05, 0) is 61.1 Å². The first-order valence-corrected chi connectivity index (χ1v) is 9.88. The third-order valence-electron chi connectivity index (χ3n) is 4.07. The number of benzene rings is 2. The molecule has 0 radical (unpaired) electrons. The standard InChI is InChI=1S/C21H26FN3O3S/c1-3-4-5-6-13-28-18-12-7-15(14-19(18)27-2)20(26)24-25-21(29)23-17-10-8-16(22)9-11-17/h7-12,14H,3-6,13H2,1-2H3,(H,24,26)(H2,23,25,29). The van der Waals surface area contributed by atoms with E-state index in [2.05, 4.69) is 23.1 Å². The number of rotatable bonds is 9. The number of nitrogens with one attached hydrogen (secondary N) is 3. The van der Waals surface area contributed by atoms with Crippen LogP contribution in [0.1, 0.15) is 43.0 Å². The van der Waals surface area contributed by atoms with Gasteiger partial charge in [-0.2, -0.15) is 0 Å². The molecule has 0 aliphatic carbocycles. The SMILES string of the molecule is CCCCCCOc1ccc(C(=O)NNC(=S)Nc2ccc(F)cc2)cc1OC. The third kappa shape index (κ3) is 7.57. The molecule has 3 N–H and O–H groups in total. The van der Waals surface area contributed by atoms with Crippen molar-refractivity contribution in [2.75, 3.05) is 19.0 Å². The van der Waals surface area contributed by atoms with Crippen molar-refractivity contribution in [2.24, 2.45) is 0 Å². The summed E-state index contributed by atoms with van der Waals surface area (Å²) in [6.07, 6.45) is 4.45. The number of carbonyl (C=O) groups is 1. The van der Waals surface area contributed by atoms with E-state index in [1.165, 1.54) is 44.2 Å². The van der Waals surface area contributed by atoms with Gasteiger partial charge >= 0.3 is 0 Å². The first-order chi connectivity index (χ1) is 14.0. The zero-order valence-electron chi connectivity index (χ0n) is 16.6. The van der Waals surface area contributed by atoms with E-state index in [4.69, 9.17) is 21.7 Å². The lowest BCUT2D eigenvalue weighted by Gasteiger charge is -2.14. The third-order valence-corrected chi connectivity index (χ3v) is 4.28. The number of hydrogen-bond acceptors (Lipinski definition) is 4. The summed E-state index contributed by atoms with van der Waals surface area (Å²) < 4.78 is 24.0. The number of ether oxygens (including phenoxy) is 2. The van der Waals surface area contributed by atoms with Crippen molar-refractivity contribution in [1.29, 1.82) is 0 Å². The van der Waals surface area contributed by atoms with Crippen LogP contribution < -0.4 is 25.6 Å². The highest BCUT2D eigenvalue weighted by Gasteiger charge is 2.11. The van der Waals surface area contributed by atoms with E-state index in [1.54, 1.807) is 18.2 Å². The van der Waals surface area contributed by atoms with Crippen LogP contribution in [0.2, 0.25) is 0 Å². The summed E-state index contributed by atoms with van der Waals surface area (Å²) in [5, 5.41) is 3.01. The van der Waals surface area contributed by atoms with Crippen LogP contribution >= 0.6 is 12.2 Å². The van der Waals surface area contributed by atoms with Gasteiger partial charge in [0.15, 0.2) is 16.6 Å². The zero-order chi connectivity index (χ0) is 21.1. The molecule has 0 bridgehead atoms. The summed E-state index contributed by atoms with van der Waals surface area (Å²) in [5.41, 5.74) is 6.09. The second-order valence-corrected chi connectivity index (χ2v) is 6.72. The number of methoxy groups -OCH3 is 1. The largest absolute Gasteiger partial charge is 0.493 e. The molecule has 8 heteroatoms. The van der Waals surface area contributed by atoms with Gasteiger partial charge in [0.05, 0.1) is 13.7 Å². The van der Waals surface area contributed by atoms with E-state index >= 15 is 0 Å². The van der Waals surface area contributed by atoms with E-state index in [0.29, 0.717) is 29.4 Å². The second kappa shape index (κ2) is 11.9. The fourth-order valence-electron chi connectivity index (χ4n) is 2.52. The fourth-order valence-corrected chi connectivity index (χ4v) is 2.69. The fraction of sp³-hybridized carbons (Fsp3) is 0.333. The van der Waals surface area contributed by atoms with Gasteiger partial charge in [0.1, 0.15) is 5.82 Å². The molecule has 0 aliphatic rings. The van der Waals surface area contributed by atoms with Crippen molar-refractivity contribution < 1.29 is 18.7 Å². The average molecular weight is 420 g/mol. The topological polar surface area (TPSA) is 71.6 Å². The molecule has 29 heavy (non-hydrogen) atoms. The summed E-state index contributed by atoms with van der Waals surface area (Å²) in [4.78, 5) is 12.4. The summed E-state index contributed by atoms with van der Waals surface area (Å²) in [5.74, 6) is 0.355. The lowest BCUT2D eigenvalue weighted by Crippen LogP contribution is -2.43. The Morgan fingerprint density at radius 2 is 1.79 bits per heavy atom. The van der Waals surface area contributed by atoms with Crippen LogP contribution in [-0.4, -0.2) is 24.7 Å². The van der Waals surface area contributed by atoms with Crippen LogP contribution in [0.15, 0.2) is 42.5 Å². The minimum absolute atomic E-state index is 0.170. The van der Waals surface area contributed by atoms with E-state index in [-0.39, 0.29) is 16.8 Å². The molecule has 0 saturated heterocycles. The van der Waals surface area contributed by atoms with E-state index in [9.17, 15) is 9.18 Å². The highest BCUT2D eigenvalue weighted by molar-refractivity contribution is 7.80. The molecule has 0 unspecified atom stereocenters. The van der Waals surface area contributed by atoms with Crippen LogP contribution in [0, 0.1) is 5.82 Å². The molecule has 0 saturated carbocycles. The minimum atomic E-state index is -0.388. The number of hydrogen-bond donors (Lipinski definition) is 3. The Labute approximate surface area is 175 Å². The van der Waals surface area contributed by atoms with Gasteiger partial charge in [-0.3, -0.25) is 15.6 Å². The monoisotopic (exact) mass is 419 g/mol. The summed E-state index contributed by atoms with van der Waals surface area (Å²) in [7, 11) is 1.53. The Bertz CT molecular complexity index is 815. The summed E-state index contributed by atoms with van der Waals surface area (Å²) >= 11 is 5.11. The molecule has 2 rings (SSSR count). The summed E-state index contributed by atoms with van der Waals surface area (Å²) in [6, 6.07) is 10.7. The Morgan fingerprint density at radius 3 is 2.48 bits per heavy atom. The predicted molar refractivity (Wildman–Crippen MR) is 116 cm³/mol. The van der Waals surface area contributed by atoms with Crippen molar-refractivity contribution in [3.63, 3.8) is 0 Å². The molecule has 2 aromatic rings. The normalized spacial score (nSPS) is 10.2. The smallest absolute Gasteiger partial charge is 0.269 e. The lowest BCUT2D eigenvalue weighted by molar-refractivity contribution is 0.0943. The van der Waals surface area contributed by atoms with E-state index in [1.807, 2.05) is 0 Å². The number of amides is 1. The van der Waals surface area contributed by atoms with Crippen LogP contribution in [-0.2, 0) is 0 Å². The molecule has 0 fully saturated rings. The average Bonchev–Trinajstić information content (AvgIpc) is 2.73. The molecular formula is C21H26FN3O3S. The number of carbonyl (C=O) groups excluding carboxylic acids is 1. The molecule has 0 spiro atoms. The number of halogens is 1. The van der Waals surface area contributed by atoms with Crippen molar-refractivity contribution in [3.8, 4) is 11.5 Å². The van der Waals surface area contributed by atoms with Crippen molar-refractivity contribution in [2.45, 2.75) is 32.6 Å². The maximum absolute atomic E-state index is 12.9. The van der Waals surface area contributed by atoms with Gasteiger partial charge in [0.25, 0.3) is 5.91 Å². The molecule has 6 nitrogen and oxygen atoms in total. The van der Waals surface area contributed by atoms with Gasteiger partial charge in [-0.25, -0.2) is 4.39 Å². The quantitative estimate of drug-likeness (QED) is 0.317. The number of anilines is 1. The Hall–Kier alpha value is -2.87. The summed E-state index contributed by atoms with van der Waals surface area (Å²) in [6.45, 7) is 2.76. The molecule has 0 aromatic heterocycles. The number of hydrazine groups is 1. The first-order valence-electron chi connectivity index (χ1n) is 9.47. The van der Waals surface area contributed by atoms with Crippen LogP contribution in [0.5, 0.6) is 11.5 Å².